The molecule has 0 bridgehead atoms. The third-order valence-corrected chi connectivity index (χ3v) is 1.52. The van der Waals surface area contributed by atoms with Gasteiger partial charge in [-0.15, -0.1) is 0 Å². The molecule has 0 radical (unpaired) electrons. The summed E-state index contributed by atoms with van der Waals surface area (Å²) < 4.78 is 40.2. The summed E-state index contributed by atoms with van der Waals surface area (Å²) in [6, 6.07) is 0. The number of alkyl halides is 3. The standard InChI is InChI=1S/C8H9F3N2O2/c1-5-2-13-7(3-12-5)15-4-6(14)8(9,10)11/h2-3,6,14H,4H2,1H3. The van der Waals surface area contributed by atoms with Crippen LogP contribution in [0, 0.1) is 6.92 Å². The quantitative estimate of drug-likeness (QED) is 0.831. The highest BCUT2D eigenvalue weighted by Gasteiger charge is 2.38. The van der Waals surface area contributed by atoms with Crippen LogP contribution in [0.1, 0.15) is 5.69 Å². The van der Waals surface area contributed by atoms with Crippen LogP contribution in [0.15, 0.2) is 12.4 Å². The second kappa shape index (κ2) is 4.43. The fourth-order valence-electron chi connectivity index (χ4n) is 0.714. The number of halogens is 3. The van der Waals surface area contributed by atoms with Gasteiger partial charge in [0.2, 0.25) is 5.88 Å². The predicted molar refractivity (Wildman–Crippen MR) is 44.3 cm³/mol. The molecule has 1 aromatic heterocycles. The number of aliphatic hydroxyl groups is 1. The Morgan fingerprint density at radius 3 is 2.53 bits per heavy atom. The molecule has 0 saturated carbocycles. The molecule has 84 valence electrons. The summed E-state index contributed by atoms with van der Waals surface area (Å²) in [5.41, 5.74) is 0.624. The lowest BCUT2D eigenvalue weighted by molar-refractivity contribution is -0.210. The monoisotopic (exact) mass is 222 g/mol. The van der Waals surface area contributed by atoms with Gasteiger partial charge in [-0.1, -0.05) is 0 Å². The van der Waals surface area contributed by atoms with E-state index in [4.69, 9.17) is 5.11 Å². The summed E-state index contributed by atoms with van der Waals surface area (Å²) in [7, 11) is 0. The van der Waals surface area contributed by atoms with E-state index in [1.165, 1.54) is 12.4 Å². The van der Waals surface area contributed by atoms with Crippen LogP contribution in [0.5, 0.6) is 5.88 Å². The molecule has 0 aromatic carbocycles. The normalized spacial score (nSPS) is 13.7. The number of hydrogen-bond acceptors (Lipinski definition) is 4. The van der Waals surface area contributed by atoms with Gasteiger partial charge in [0.05, 0.1) is 18.1 Å². The molecule has 1 N–H and O–H groups in total. The molecule has 1 unspecified atom stereocenters. The zero-order valence-corrected chi connectivity index (χ0v) is 7.82. The second-order valence-electron chi connectivity index (χ2n) is 2.86. The number of rotatable bonds is 3. The van der Waals surface area contributed by atoms with Crippen LogP contribution < -0.4 is 4.74 Å². The van der Waals surface area contributed by atoms with Crippen molar-refractivity contribution in [3.63, 3.8) is 0 Å². The van der Waals surface area contributed by atoms with E-state index in [0.29, 0.717) is 5.69 Å². The van der Waals surface area contributed by atoms with E-state index in [1.54, 1.807) is 6.92 Å². The van der Waals surface area contributed by atoms with Crippen LogP contribution in [0.25, 0.3) is 0 Å². The largest absolute Gasteiger partial charge is 0.473 e. The van der Waals surface area contributed by atoms with Crippen molar-refractivity contribution in [1.82, 2.24) is 9.97 Å². The average Bonchev–Trinajstić information content (AvgIpc) is 2.15. The van der Waals surface area contributed by atoms with Crippen LogP contribution in [-0.2, 0) is 0 Å². The molecule has 0 aliphatic rings. The van der Waals surface area contributed by atoms with E-state index in [-0.39, 0.29) is 5.88 Å². The summed E-state index contributed by atoms with van der Waals surface area (Å²) in [5, 5.41) is 8.60. The lowest BCUT2D eigenvalue weighted by Gasteiger charge is -2.14. The smallest absolute Gasteiger partial charge is 0.417 e. The first-order valence-electron chi connectivity index (χ1n) is 4.06. The Morgan fingerprint density at radius 1 is 1.40 bits per heavy atom. The number of hydrogen-bond donors (Lipinski definition) is 1. The molecule has 0 saturated heterocycles. The van der Waals surface area contributed by atoms with Crippen LogP contribution in [0.3, 0.4) is 0 Å². The van der Waals surface area contributed by atoms with Crippen molar-refractivity contribution in [1.29, 1.82) is 0 Å². The van der Waals surface area contributed by atoms with Crippen LogP contribution >= 0.6 is 0 Å². The fourth-order valence-corrected chi connectivity index (χ4v) is 0.714. The van der Waals surface area contributed by atoms with Gasteiger partial charge >= 0.3 is 6.18 Å². The van der Waals surface area contributed by atoms with Gasteiger partial charge in [0.25, 0.3) is 0 Å². The summed E-state index contributed by atoms with van der Waals surface area (Å²) in [4.78, 5) is 7.44. The van der Waals surface area contributed by atoms with Crippen molar-refractivity contribution in [2.45, 2.75) is 19.2 Å². The molecule has 4 nitrogen and oxygen atoms in total. The van der Waals surface area contributed by atoms with Gasteiger partial charge in [0.1, 0.15) is 6.61 Å². The zero-order chi connectivity index (χ0) is 11.5. The fraction of sp³-hybridized carbons (Fsp3) is 0.500. The Balaban J connectivity index is 2.47. The molecule has 1 aromatic rings. The first-order valence-corrected chi connectivity index (χ1v) is 4.06. The molecule has 0 aliphatic carbocycles. The first-order chi connectivity index (χ1) is 6.89. The van der Waals surface area contributed by atoms with E-state index in [9.17, 15) is 13.2 Å². The van der Waals surface area contributed by atoms with Crippen molar-refractivity contribution in [2.24, 2.45) is 0 Å². The minimum Gasteiger partial charge on any atom is -0.473 e. The molecule has 1 rings (SSSR count). The molecule has 0 amide bonds. The van der Waals surface area contributed by atoms with Crippen LogP contribution in [-0.4, -0.2) is 34.0 Å². The minimum absolute atomic E-state index is 0.0519. The molecule has 0 aliphatic heterocycles. The maximum absolute atomic E-state index is 11.8. The van der Waals surface area contributed by atoms with E-state index in [1.807, 2.05) is 0 Å². The first kappa shape index (κ1) is 11.7. The zero-order valence-electron chi connectivity index (χ0n) is 7.82. The maximum Gasteiger partial charge on any atom is 0.417 e. The average molecular weight is 222 g/mol. The van der Waals surface area contributed by atoms with Gasteiger partial charge in [-0.25, -0.2) is 4.98 Å². The van der Waals surface area contributed by atoms with Gasteiger partial charge in [0, 0.05) is 0 Å². The molecule has 1 heterocycles. The second-order valence-corrected chi connectivity index (χ2v) is 2.86. The number of aryl methyl sites for hydroxylation is 1. The van der Waals surface area contributed by atoms with Gasteiger partial charge in [-0.3, -0.25) is 4.98 Å². The van der Waals surface area contributed by atoms with Crippen molar-refractivity contribution >= 4 is 0 Å². The van der Waals surface area contributed by atoms with Gasteiger partial charge in [0.15, 0.2) is 6.10 Å². The Labute approximate surface area is 83.7 Å². The topological polar surface area (TPSA) is 55.2 Å². The number of aromatic nitrogens is 2. The number of ether oxygens (including phenoxy) is 1. The van der Waals surface area contributed by atoms with Gasteiger partial charge in [-0.2, -0.15) is 13.2 Å². The Hall–Kier alpha value is -1.37. The molecule has 7 heteroatoms. The lowest BCUT2D eigenvalue weighted by atomic mass is 10.4. The van der Waals surface area contributed by atoms with Crippen molar-refractivity contribution < 1.29 is 23.0 Å². The van der Waals surface area contributed by atoms with E-state index < -0.39 is 18.9 Å². The Kier molecular flexibility index (Phi) is 3.46. The van der Waals surface area contributed by atoms with Crippen molar-refractivity contribution in [3.8, 4) is 5.88 Å². The van der Waals surface area contributed by atoms with E-state index in [2.05, 4.69) is 14.7 Å². The highest BCUT2D eigenvalue weighted by molar-refractivity contribution is 5.05. The lowest BCUT2D eigenvalue weighted by Crippen LogP contribution is -2.34. The van der Waals surface area contributed by atoms with Crippen LogP contribution in [0.2, 0.25) is 0 Å². The third kappa shape index (κ3) is 3.70. The summed E-state index contributed by atoms with van der Waals surface area (Å²) in [5.74, 6) is -0.0519. The van der Waals surface area contributed by atoms with Gasteiger partial charge < -0.3 is 9.84 Å². The highest BCUT2D eigenvalue weighted by Crippen LogP contribution is 2.20. The predicted octanol–water partition coefficient (Wildman–Crippen LogP) is 1.09. The molecule has 0 fully saturated rings. The molecular weight excluding hydrogens is 213 g/mol. The van der Waals surface area contributed by atoms with Gasteiger partial charge in [-0.05, 0) is 6.92 Å². The van der Waals surface area contributed by atoms with E-state index in [0.717, 1.165) is 0 Å². The summed E-state index contributed by atoms with van der Waals surface area (Å²) in [6.07, 6.45) is -4.65. The SMILES string of the molecule is Cc1cnc(OCC(O)C(F)(F)F)cn1. The molecule has 1 atom stereocenters. The Morgan fingerprint density at radius 2 is 2.07 bits per heavy atom. The van der Waals surface area contributed by atoms with Crippen molar-refractivity contribution in [3.05, 3.63) is 18.1 Å². The summed E-state index contributed by atoms with van der Waals surface area (Å²) in [6.45, 7) is 0.794. The van der Waals surface area contributed by atoms with Crippen LogP contribution in [0.4, 0.5) is 13.2 Å². The molecular formula is C8H9F3N2O2. The molecule has 0 spiro atoms. The number of nitrogens with zero attached hydrogens (tertiary/aromatic N) is 2. The maximum atomic E-state index is 11.8. The minimum atomic E-state index is -4.68. The third-order valence-electron chi connectivity index (χ3n) is 1.52. The van der Waals surface area contributed by atoms with E-state index >= 15 is 0 Å². The van der Waals surface area contributed by atoms with Crippen molar-refractivity contribution in [2.75, 3.05) is 6.61 Å². The summed E-state index contributed by atoms with van der Waals surface area (Å²) >= 11 is 0. The number of aliphatic hydroxyl groups excluding tert-OH is 1. The highest BCUT2D eigenvalue weighted by atomic mass is 19.4. The Bertz CT molecular complexity index is 313. The molecule has 15 heavy (non-hydrogen) atoms.